The number of hydrogen-bond acceptors (Lipinski definition) is 5. The highest BCUT2D eigenvalue weighted by Crippen LogP contribution is 2.29. The molecule has 0 bridgehead atoms. The molecule has 0 saturated carbocycles. The van der Waals surface area contributed by atoms with E-state index in [9.17, 15) is 40.4 Å². The van der Waals surface area contributed by atoms with Crippen molar-refractivity contribution in [2.24, 2.45) is 0 Å². The first-order valence-electron chi connectivity index (χ1n) is 11.9. The van der Waals surface area contributed by atoms with E-state index in [1.165, 1.54) is 18.2 Å². The van der Waals surface area contributed by atoms with Crippen molar-refractivity contribution in [3.8, 4) is 0 Å². The summed E-state index contributed by atoms with van der Waals surface area (Å²) in [4.78, 5) is 36.3. The fourth-order valence-corrected chi connectivity index (χ4v) is 4.41. The van der Waals surface area contributed by atoms with Gasteiger partial charge in [0.2, 0.25) is 0 Å². The summed E-state index contributed by atoms with van der Waals surface area (Å²) in [6.45, 7) is 1.81. The molecule has 0 aliphatic heterocycles. The lowest BCUT2D eigenvalue weighted by Gasteiger charge is -2.11. The van der Waals surface area contributed by atoms with Crippen LogP contribution in [0.2, 0.25) is 0 Å². The van der Waals surface area contributed by atoms with Crippen LogP contribution in [0.1, 0.15) is 27.9 Å². The number of carbonyl (C=O) groups is 3. The van der Waals surface area contributed by atoms with Crippen LogP contribution in [0.3, 0.4) is 0 Å². The molecule has 0 aromatic heterocycles. The Labute approximate surface area is 232 Å². The molecular formula is C26H25F4N5O5S. The van der Waals surface area contributed by atoms with Crippen molar-refractivity contribution in [2.75, 3.05) is 23.7 Å². The summed E-state index contributed by atoms with van der Waals surface area (Å²) in [6, 6.07) is 11.1. The average Bonchev–Trinajstić information content (AvgIpc) is 2.89. The van der Waals surface area contributed by atoms with Crippen molar-refractivity contribution < 1.29 is 40.4 Å². The molecule has 0 radical (unpaired) electrons. The minimum absolute atomic E-state index is 0.0285. The molecule has 0 heterocycles. The summed E-state index contributed by atoms with van der Waals surface area (Å²) in [5, 5.41) is 9.35. The Morgan fingerprint density at radius 2 is 1.51 bits per heavy atom. The normalized spacial score (nSPS) is 11.3. The highest BCUT2D eigenvalue weighted by atomic mass is 32.2. The largest absolute Gasteiger partial charge is 0.416 e. The molecule has 3 aromatic carbocycles. The van der Waals surface area contributed by atoms with Crippen LogP contribution in [-0.4, -0.2) is 39.5 Å². The highest BCUT2D eigenvalue weighted by Gasteiger charge is 2.30. The molecule has 3 aromatic rings. The Hall–Kier alpha value is -4.66. The van der Waals surface area contributed by atoms with Crippen molar-refractivity contribution in [1.82, 2.24) is 15.4 Å². The number of benzene rings is 3. The van der Waals surface area contributed by atoms with Crippen molar-refractivity contribution in [2.45, 2.75) is 24.4 Å². The van der Waals surface area contributed by atoms with E-state index in [1.807, 2.05) is 4.72 Å². The van der Waals surface area contributed by atoms with Gasteiger partial charge in [-0.2, -0.15) is 13.2 Å². The minimum Gasteiger partial charge on any atom is -0.352 e. The number of nitrogens with one attached hydrogen (secondary N) is 5. The quantitative estimate of drug-likeness (QED) is 0.181. The van der Waals surface area contributed by atoms with Crippen LogP contribution in [-0.2, 0) is 16.2 Å². The van der Waals surface area contributed by atoms with Crippen molar-refractivity contribution in [3.05, 3.63) is 89.2 Å². The van der Waals surface area contributed by atoms with Crippen LogP contribution in [0.4, 0.5) is 38.5 Å². The predicted octanol–water partition coefficient (Wildman–Crippen LogP) is 4.60. The third-order valence-electron chi connectivity index (χ3n) is 5.40. The molecule has 0 unspecified atom stereocenters. The van der Waals surface area contributed by atoms with Gasteiger partial charge in [-0.25, -0.2) is 27.1 Å². The third-order valence-corrected chi connectivity index (χ3v) is 6.73. The predicted molar refractivity (Wildman–Crippen MR) is 142 cm³/mol. The van der Waals surface area contributed by atoms with Crippen LogP contribution in [0, 0.1) is 12.7 Å². The van der Waals surface area contributed by atoms with E-state index in [2.05, 4.69) is 21.3 Å². The van der Waals surface area contributed by atoms with E-state index < -0.39 is 45.5 Å². The van der Waals surface area contributed by atoms with E-state index in [0.717, 1.165) is 36.4 Å². The second-order valence-electron chi connectivity index (χ2n) is 8.64. The number of urea groups is 2. The number of carbonyl (C=O) groups excluding carboxylic acids is 3. The van der Waals surface area contributed by atoms with Gasteiger partial charge in [0, 0.05) is 24.3 Å². The maximum atomic E-state index is 14.5. The van der Waals surface area contributed by atoms with Crippen LogP contribution in [0.5, 0.6) is 0 Å². The number of anilines is 2. The zero-order valence-electron chi connectivity index (χ0n) is 21.4. The van der Waals surface area contributed by atoms with E-state index in [-0.39, 0.29) is 41.3 Å². The molecule has 10 nitrogen and oxygen atoms in total. The van der Waals surface area contributed by atoms with Crippen LogP contribution in [0.25, 0.3) is 0 Å². The van der Waals surface area contributed by atoms with Crippen molar-refractivity contribution in [1.29, 1.82) is 0 Å². The summed E-state index contributed by atoms with van der Waals surface area (Å²) >= 11 is 0. The Morgan fingerprint density at radius 3 is 2.15 bits per heavy atom. The fourth-order valence-electron chi connectivity index (χ4n) is 3.38. The van der Waals surface area contributed by atoms with Crippen LogP contribution >= 0.6 is 0 Å². The smallest absolute Gasteiger partial charge is 0.352 e. The second kappa shape index (κ2) is 13.1. The summed E-state index contributed by atoms with van der Waals surface area (Å²) in [6.07, 6.45) is -4.30. The summed E-state index contributed by atoms with van der Waals surface area (Å²) in [7, 11) is -4.05. The molecule has 0 aliphatic carbocycles. The lowest BCUT2D eigenvalue weighted by molar-refractivity contribution is -0.137. The Morgan fingerprint density at radius 1 is 0.829 bits per heavy atom. The number of rotatable bonds is 9. The molecule has 5 amide bonds. The van der Waals surface area contributed by atoms with Gasteiger partial charge in [-0.05, 0) is 73.5 Å². The topological polar surface area (TPSA) is 146 Å². The van der Waals surface area contributed by atoms with Gasteiger partial charge >= 0.3 is 18.2 Å². The Bertz CT molecular complexity index is 1530. The Balaban J connectivity index is 1.41. The van der Waals surface area contributed by atoms with Gasteiger partial charge in [0.15, 0.2) is 0 Å². The number of alkyl halides is 3. The van der Waals surface area contributed by atoms with Gasteiger partial charge in [-0.1, -0.05) is 12.1 Å². The summed E-state index contributed by atoms with van der Waals surface area (Å²) in [5.74, 6) is -1.58. The maximum absolute atomic E-state index is 14.5. The number of hydrogen-bond donors (Lipinski definition) is 5. The summed E-state index contributed by atoms with van der Waals surface area (Å²) < 4.78 is 78.7. The SMILES string of the molecule is Cc1cccc(S(=O)(=O)NC(=O)NCCCNC(=O)c2ccc(NC(=O)Nc3ccc(C(F)(F)F)cc3)c(F)c2)c1. The standard InChI is InChI=1S/C26H25F4N5O5S/c1-16-4-2-5-20(14-16)41(39,40)35-24(37)32-13-3-12-31-23(36)17-6-11-22(21(27)15-17)34-25(38)33-19-9-7-18(8-10-19)26(28,29)30/h2,4-11,14-15H,3,12-13H2,1H3,(H,31,36)(H2,32,35,37)(H2,33,34,38). The van der Waals surface area contributed by atoms with E-state index in [1.54, 1.807) is 19.1 Å². The van der Waals surface area contributed by atoms with E-state index in [0.29, 0.717) is 5.56 Å². The average molecular weight is 596 g/mol. The second-order valence-corrected chi connectivity index (χ2v) is 10.3. The van der Waals surface area contributed by atoms with Crippen LogP contribution < -0.4 is 26.0 Å². The van der Waals surface area contributed by atoms with Crippen molar-refractivity contribution >= 4 is 39.4 Å². The lowest BCUT2D eigenvalue weighted by atomic mass is 10.2. The number of aryl methyl sites for hydroxylation is 1. The van der Waals surface area contributed by atoms with Gasteiger partial charge < -0.3 is 21.3 Å². The molecule has 41 heavy (non-hydrogen) atoms. The Kier molecular flexibility index (Phi) is 9.89. The molecule has 5 N–H and O–H groups in total. The molecule has 218 valence electrons. The van der Waals surface area contributed by atoms with Crippen molar-refractivity contribution in [3.63, 3.8) is 0 Å². The maximum Gasteiger partial charge on any atom is 0.416 e. The molecule has 0 aliphatic rings. The first-order chi connectivity index (χ1) is 19.2. The van der Waals surface area contributed by atoms with Gasteiger partial charge in [0.1, 0.15) is 5.82 Å². The lowest BCUT2D eigenvalue weighted by Crippen LogP contribution is -2.40. The highest BCUT2D eigenvalue weighted by molar-refractivity contribution is 7.90. The van der Waals surface area contributed by atoms with E-state index in [4.69, 9.17) is 0 Å². The molecule has 15 heteroatoms. The first kappa shape index (κ1) is 30.9. The summed E-state index contributed by atoms with van der Waals surface area (Å²) in [5.41, 5.74) is -0.480. The first-order valence-corrected chi connectivity index (χ1v) is 13.4. The fraction of sp³-hybridized carbons (Fsp3) is 0.192. The number of halogens is 4. The van der Waals surface area contributed by atoms with Gasteiger partial charge in [0.25, 0.3) is 15.9 Å². The minimum atomic E-state index is -4.53. The van der Waals surface area contributed by atoms with Gasteiger partial charge in [0.05, 0.1) is 16.1 Å². The molecule has 0 saturated heterocycles. The molecule has 0 atom stereocenters. The molecule has 3 rings (SSSR count). The van der Waals surface area contributed by atoms with Gasteiger partial charge in [-0.3, -0.25) is 4.79 Å². The molecule has 0 spiro atoms. The monoisotopic (exact) mass is 595 g/mol. The zero-order valence-corrected chi connectivity index (χ0v) is 22.3. The zero-order chi connectivity index (χ0) is 30.2. The third kappa shape index (κ3) is 9.20. The van der Waals surface area contributed by atoms with E-state index >= 15 is 0 Å². The number of sulfonamides is 1. The molecule has 0 fully saturated rings. The number of amides is 5. The van der Waals surface area contributed by atoms with Gasteiger partial charge in [-0.15, -0.1) is 0 Å². The van der Waals surface area contributed by atoms with Crippen LogP contribution in [0.15, 0.2) is 71.6 Å². The molecular weight excluding hydrogens is 570 g/mol.